The first-order valence-corrected chi connectivity index (χ1v) is 7.19. The van der Waals surface area contributed by atoms with E-state index in [1.54, 1.807) is 7.11 Å². The predicted molar refractivity (Wildman–Crippen MR) is 83.2 cm³/mol. The van der Waals surface area contributed by atoms with E-state index in [0.717, 1.165) is 31.3 Å². The molecule has 0 aromatic heterocycles. The fraction of sp³-hybridized carbons (Fsp3) is 0.625. The van der Waals surface area contributed by atoms with Crippen LogP contribution in [0.2, 0.25) is 0 Å². The van der Waals surface area contributed by atoms with Crippen LogP contribution in [0.25, 0.3) is 0 Å². The fourth-order valence-electron chi connectivity index (χ4n) is 1.98. The maximum Gasteiger partial charge on any atom is 0.120 e. The molecule has 0 aliphatic carbocycles. The van der Waals surface area contributed by atoms with E-state index in [4.69, 9.17) is 4.74 Å². The average Bonchev–Trinajstić information content (AvgIpc) is 2.42. The Morgan fingerprint density at radius 2 is 2.05 bits per heavy atom. The Morgan fingerprint density at radius 1 is 1.26 bits per heavy atom. The molecular weight excluding hydrogens is 236 g/mol. The second-order valence-electron chi connectivity index (χ2n) is 5.41. The Balaban J connectivity index is 2.21. The molecule has 0 atom stereocenters. The van der Waals surface area contributed by atoms with Crippen molar-refractivity contribution in [3.8, 4) is 5.75 Å². The van der Waals surface area contributed by atoms with E-state index < -0.39 is 0 Å². The Labute approximate surface area is 118 Å². The Hall–Kier alpha value is -1.22. The van der Waals surface area contributed by atoms with Gasteiger partial charge in [0.2, 0.25) is 0 Å². The third-order valence-electron chi connectivity index (χ3n) is 3.25. The van der Waals surface area contributed by atoms with Crippen molar-refractivity contribution >= 4 is 5.69 Å². The number of ether oxygens (including phenoxy) is 1. The molecule has 0 spiro atoms. The molecule has 0 saturated carbocycles. The van der Waals surface area contributed by atoms with Crippen molar-refractivity contribution in [2.45, 2.75) is 26.7 Å². The van der Waals surface area contributed by atoms with Crippen molar-refractivity contribution in [2.75, 3.05) is 38.7 Å². The molecule has 1 aromatic rings. The summed E-state index contributed by atoms with van der Waals surface area (Å²) in [5, 5.41) is 3.50. The summed E-state index contributed by atoms with van der Waals surface area (Å²) in [7, 11) is 3.82. The number of anilines is 1. The van der Waals surface area contributed by atoms with Gasteiger partial charge in [0, 0.05) is 31.9 Å². The smallest absolute Gasteiger partial charge is 0.120 e. The SMILES string of the molecule is COc1cccc(N(C)CCNCCCC(C)C)c1. The first-order chi connectivity index (χ1) is 9.13. The highest BCUT2D eigenvalue weighted by Crippen LogP contribution is 2.19. The van der Waals surface area contributed by atoms with Crippen molar-refractivity contribution in [1.29, 1.82) is 0 Å². The van der Waals surface area contributed by atoms with Gasteiger partial charge >= 0.3 is 0 Å². The highest BCUT2D eigenvalue weighted by atomic mass is 16.5. The summed E-state index contributed by atoms with van der Waals surface area (Å²) >= 11 is 0. The average molecular weight is 264 g/mol. The monoisotopic (exact) mass is 264 g/mol. The molecule has 0 radical (unpaired) electrons. The third kappa shape index (κ3) is 6.48. The van der Waals surface area contributed by atoms with Gasteiger partial charge in [-0.15, -0.1) is 0 Å². The molecule has 108 valence electrons. The molecule has 1 aromatic carbocycles. The van der Waals surface area contributed by atoms with Crippen LogP contribution in [-0.2, 0) is 0 Å². The summed E-state index contributed by atoms with van der Waals surface area (Å²) in [6, 6.07) is 8.18. The van der Waals surface area contributed by atoms with E-state index in [0.29, 0.717) is 0 Å². The summed E-state index contributed by atoms with van der Waals surface area (Å²) in [5.41, 5.74) is 1.20. The number of methoxy groups -OCH3 is 1. The van der Waals surface area contributed by atoms with Crippen LogP contribution in [0.3, 0.4) is 0 Å². The zero-order chi connectivity index (χ0) is 14.1. The minimum absolute atomic E-state index is 0.807. The van der Waals surface area contributed by atoms with Crippen molar-refractivity contribution in [3.05, 3.63) is 24.3 Å². The number of hydrogen-bond donors (Lipinski definition) is 1. The molecule has 0 fully saturated rings. The lowest BCUT2D eigenvalue weighted by atomic mass is 10.1. The molecule has 0 aliphatic heterocycles. The predicted octanol–water partition coefficient (Wildman–Crippen LogP) is 3.16. The van der Waals surface area contributed by atoms with Crippen LogP contribution in [0.15, 0.2) is 24.3 Å². The molecule has 0 bridgehead atoms. The zero-order valence-corrected chi connectivity index (χ0v) is 12.8. The van der Waals surface area contributed by atoms with Gasteiger partial charge in [-0.25, -0.2) is 0 Å². The summed E-state index contributed by atoms with van der Waals surface area (Å²) in [5.74, 6) is 1.72. The lowest BCUT2D eigenvalue weighted by Gasteiger charge is -2.20. The quantitative estimate of drug-likeness (QED) is 0.693. The number of hydrogen-bond acceptors (Lipinski definition) is 3. The molecule has 0 amide bonds. The van der Waals surface area contributed by atoms with Crippen LogP contribution in [0.5, 0.6) is 5.75 Å². The molecule has 0 unspecified atom stereocenters. The molecule has 0 heterocycles. The van der Waals surface area contributed by atoms with Gasteiger partial charge < -0.3 is 15.0 Å². The Morgan fingerprint density at radius 3 is 2.74 bits per heavy atom. The van der Waals surface area contributed by atoms with E-state index >= 15 is 0 Å². The van der Waals surface area contributed by atoms with Crippen molar-refractivity contribution in [3.63, 3.8) is 0 Å². The fourth-order valence-corrected chi connectivity index (χ4v) is 1.98. The van der Waals surface area contributed by atoms with Gasteiger partial charge in [0.05, 0.1) is 7.11 Å². The lowest BCUT2D eigenvalue weighted by molar-refractivity contribution is 0.415. The van der Waals surface area contributed by atoms with Crippen molar-refractivity contribution in [1.82, 2.24) is 5.32 Å². The van der Waals surface area contributed by atoms with Crippen LogP contribution < -0.4 is 15.0 Å². The Bertz CT molecular complexity index is 352. The van der Waals surface area contributed by atoms with E-state index in [1.165, 1.54) is 18.5 Å². The number of nitrogens with one attached hydrogen (secondary N) is 1. The van der Waals surface area contributed by atoms with E-state index in [1.807, 2.05) is 12.1 Å². The summed E-state index contributed by atoms with van der Waals surface area (Å²) in [6.07, 6.45) is 2.57. The van der Waals surface area contributed by atoms with Crippen LogP contribution in [0, 0.1) is 5.92 Å². The van der Waals surface area contributed by atoms with Gasteiger partial charge in [-0.3, -0.25) is 0 Å². The first-order valence-electron chi connectivity index (χ1n) is 7.19. The second-order valence-corrected chi connectivity index (χ2v) is 5.41. The molecular formula is C16H28N2O. The summed E-state index contributed by atoms with van der Waals surface area (Å²) in [4.78, 5) is 2.25. The van der Waals surface area contributed by atoms with Crippen LogP contribution >= 0.6 is 0 Å². The minimum Gasteiger partial charge on any atom is -0.497 e. The van der Waals surface area contributed by atoms with Gasteiger partial charge in [0.25, 0.3) is 0 Å². The maximum atomic E-state index is 5.24. The van der Waals surface area contributed by atoms with Crippen LogP contribution in [0.4, 0.5) is 5.69 Å². The normalized spacial score (nSPS) is 10.8. The maximum absolute atomic E-state index is 5.24. The van der Waals surface area contributed by atoms with Crippen LogP contribution in [-0.4, -0.2) is 33.8 Å². The standard InChI is InChI=1S/C16H28N2O/c1-14(2)7-6-10-17-11-12-18(3)15-8-5-9-16(13-15)19-4/h5,8-9,13-14,17H,6-7,10-12H2,1-4H3. The molecule has 0 aliphatic rings. The topological polar surface area (TPSA) is 24.5 Å². The summed E-state index contributed by atoms with van der Waals surface area (Å²) in [6.45, 7) is 7.69. The van der Waals surface area contributed by atoms with Crippen LogP contribution in [0.1, 0.15) is 26.7 Å². The van der Waals surface area contributed by atoms with E-state index in [2.05, 4.69) is 43.2 Å². The molecule has 1 rings (SSSR count). The highest BCUT2D eigenvalue weighted by molar-refractivity contribution is 5.50. The van der Waals surface area contributed by atoms with Crippen molar-refractivity contribution in [2.24, 2.45) is 5.92 Å². The number of benzene rings is 1. The largest absolute Gasteiger partial charge is 0.497 e. The first kappa shape index (κ1) is 15.8. The molecule has 19 heavy (non-hydrogen) atoms. The van der Waals surface area contributed by atoms with Gasteiger partial charge in [-0.05, 0) is 37.4 Å². The third-order valence-corrected chi connectivity index (χ3v) is 3.25. The molecule has 1 N–H and O–H groups in total. The zero-order valence-electron chi connectivity index (χ0n) is 12.8. The summed E-state index contributed by atoms with van der Waals surface area (Å²) < 4.78 is 5.24. The van der Waals surface area contributed by atoms with Gasteiger partial charge in [0.15, 0.2) is 0 Å². The highest BCUT2D eigenvalue weighted by Gasteiger charge is 2.01. The van der Waals surface area contributed by atoms with E-state index in [9.17, 15) is 0 Å². The van der Waals surface area contributed by atoms with Gasteiger partial charge in [0.1, 0.15) is 5.75 Å². The van der Waals surface area contributed by atoms with Gasteiger partial charge in [-0.1, -0.05) is 19.9 Å². The van der Waals surface area contributed by atoms with Gasteiger partial charge in [-0.2, -0.15) is 0 Å². The van der Waals surface area contributed by atoms with E-state index in [-0.39, 0.29) is 0 Å². The number of rotatable bonds is 9. The molecule has 3 heteroatoms. The Kier molecular flexibility index (Phi) is 7.34. The van der Waals surface area contributed by atoms with Crippen molar-refractivity contribution < 1.29 is 4.74 Å². The molecule has 0 saturated heterocycles. The molecule has 3 nitrogen and oxygen atoms in total. The lowest BCUT2D eigenvalue weighted by Crippen LogP contribution is -2.29. The second kappa shape index (κ2) is 8.81. The number of likely N-dealkylation sites (N-methyl/N-ethyl adjacent to an activating group) is 1. The number of nitrogens with zero attached hydrogens (tertiary/aromatic N) is 1. The minimum atomic E-state index is 0.807.